The van der Waals surface area contributed by atoms with E-state index in [0.29, 0.717) is 6.79 Å². The minimum Gasteiger partial charge on any atom is -0.454 e. The van der Waals surface area contributed by atoms with Crippen molar-refractivity contribution >= 4 is 0 Å². The maximum absolute atomic E-state index is 5.53. The second kappa shape index (κ2) is 7.20. The first-order valence-electron chi connectivity index (χ1n) is 8.76. The average molecular weight is 288 g/mol. The second-order valence-corrected chi connectivity index (χ2v) is 6.69. The monoisotopic (exact) mass is 288 g/mol. The zero-order chi connectivity index (χ0) is 14.5. The molecule has 0 spiro atoms. The van der Waals surface area contributed by atoms with Crippen LogP contribution in [0.5, 0.6) is 11.5 Å². The predicted molar refractivity (Wildman–Crippen MR) is 86.0 cm³/mol. The van der Waals surface area contributed by atoms with Gasteiger partial charge in [-0.25, -0.2) is 0 Å². The molecule has 1 saturated carbocycles. The molecule has 1 aromatic rings. The minimum absolute atomic E-state index is 0.378. The summed E-state index contributed by atoms with van der Waals surface area (Å²) in [5.41, 5.74) is 1.46. The fraction of sp³-hybridized carbons (Fsp3) is 0.684. The van der Waals surface area contributed by atoms with E-state index in [-0.39, 0.29) is 0 Å². The Morgan fingerprint density at radius 1 is 1.05 bits per heavy atom. The number of unbranched alkanes of at least 4 members (excludes halogenated alkanes) is 3. The lowest BCUT2D eigenvalue weighted by atomic mass is 9.76. The highest BCUT2D eigenvalue weighted by Crippen LogP contribution is 2.41. The summed E-state index contributed by atoms with van der Waals surface area (Å²) < 4.78 is 10.9. The highest BCUT2D eigenvalue weighted by molar-refractivity contribution is 5.45. The Hall–Kier alpha value is -1.18. The molecular weight excluding hydrogens is 260 g/mol. The summed E-state index contributed by atoms with van der Waals surface area (Å²) in [5.74, 6) is 3.51. The lowest BCUT2D eigenvalue weighted by Crippen LogP contribution is -2.14. The van der Waals surface area contributed by atoms with Gasteiger partial charge in [-0.1, -0.05) is 57.9 Å². The normalized spacial score (nSPS) is 24.2. The van der Waals surface area contributed by atoms with Gasteiger partial charge in [0.15, 0.2) is 11.5 Å². The molecule has 0 bridgehead atoms. The molecule has 1 aliphatic heterocycles. The van der Waals surface area contributed by atoms with E-state index in [2.05, 4.69) is 25.1 Å². The van der Waals surface area contributed by atoms with Gasteiger partial charge in [-0.15, -0.1) is 0 Å². The first kappa shape index (κ1) is 14.7. The van der Waals surface area contributed by atoms with E-state index in [0.717, 1.165) is 23.3 Å². The van der Waals surface area contributed by atoms with E-state index in [4.69, 9.17) is 9.47 Å². The second-order valence-electron chi connectivity index (χ2n) is 6.69. The van der Waals surface area contributed by atoms with E-state index in [1.807, 2.05) is 0 Å². The van der Waals surface area contributed by atoms with E-state index >= 15 is 0 Å². The Bertz CT molecular complexity index is 455. The van der Waals surface area contributed by atoms with Crippen molar-refractivity contribution in [3.05, 3.63) is 23.8 Å². The van der Waals surface area contributed by atoms with Crippen LogP contribution in [-0.4, -0.2) is 6.79 Å². The first-order chi connectivity index (χ1) is 10.4. The van der Waals surface area contributed by atoms with Crippen molar-refractivity contribution in [2.24, 2.45) is 5.92 Å². The summed E-state index contributed by atoms with van der Waals surface area (Å²) in [6.07, 6.45) is 12.5. The van der Waals surface area contributed by atoms with E-state index in [1.54, 1.807) is 0 Å². The number of hydrogen-bond acceptors (Lipinski definition) is 2. The van der Waals surface area contributed by atoms with Gasteiger partial charge < -0.3 is 9.47 Å². The van der Waals surface area contributed by atoms with Crippen molar-refractivity contribution < 1.29 is 9.47 Å². The molecule has 0 amide bonds. The molecule has 21 heavy (non-hydrogen) atoms. The lowest BCUT2D eigenvalue weighted by Gasteiger charge is -2.29. The predicted octanol–water partition coefficient (Wildman–Crippen LogP) is 5.66. The molecule has 2 aliphatic rings. The van der Waals surface area contributed by atoms with Crippen LogP contribution in [0.1, 0.15) is 76.2 Å². The van der Waals surface area contributed by atoms with Crippen LogP contribution in [0.2, 0.25) is 0 Å². The van der Waals surface area contributed by atoms with Crippen molar-refractivity contribution in [3.63, 3.8) is 0 Å². The topological polar surface area (TPSA) is 18.5 Å². The van der Waals surface area contributed by atoms with Gasteiger partial charge in [0.2, 0.25) is 6.79 Å². The van der Waals surface area contributed by atoms with Crippen LogP contribution in [-0.2, 0) is 0 Å². The molecule has 2 unspecified atom stereocenters. The summed E-state index contributed by atoms with van der Waals surface area (Å²) in [6.45, 7) is 2.67. The van der Waals surface area contributed by atoms with E-state index in [1.165, 1.54) is 63.4 Å². The average Bonchev–Trinajstić information content (AvgIpc) is 2.99. The van der Waals surface area contributed by atoms with Gasteiger partial charge >= 0.3 is 0 Å². The smallest absolute Gasteiger partial charge is 0.231 e. The molecular formula is C19H28O2. The highest BCUT2D eigenvalue weighted by atomic mass is 16.7. The molecule has 2 atom stereocenters. The standard InChI is InChI=1S/C19H28O2/c1-2-3-4-5-7-15-8-6-9-16(12-15)17-10-11-18-19(13-17)21-14-20-18/h10-11,13,15-16H,2-9,12,14H2,1H3. The highest BCUT2D eigenvalue weighted by Gasteiger charge is 2.24. The molecule has 3 rings (SSSR count). The van der Waals surface area contributed by atoms with Crippen molar-refractivity contribution in [1.82, 2.24) is 0 Å². The minimum atomic E-state index is 0.378. The van der Waals surface area contributed by atoms with E-state index in [9.17, 15) is 0 Å². The van der Waals surface area contributed by atoms with Gasteiger partial charge in [0.05, 0.1) is 0 Å². The lowest BCUT2D eigenvalue weighted by molar-refractivity contribution is 0.174. The number of fused-ring (bicyclic) bond motifs is 1. The Morgan fingerprint density at radius 2 is 1.95 bits per heavy atom. The summed E-state index contributed by atoms with van der Waals surface area (Å²) in [6, 6.07) is 6.55. The number of benzene rings is 1. The van der Waals surface area contributed by atoms with Crippen molar-refractivity contribution in [1.29, 1.82) is 0 Å². The Balaban J connectivity index is 1.55. The van der Waals surface area contributed by atoms with Crippen LogP contribution in [0.3, 0.4) is 0 Å². The van der Waals surface area contributed by atoms with Crippen LogP contribution < -0.4 is 9.47 Å². The molecule has 0 N–H and O–H groups in total. The molecule has 2 heteroatoms. The number of rotatable bonds is 6. The maximum Gasteiger partial charge on any atom is 0.231 e. The van der Waals surface area contributed by atoms with Gasteiger partial charge in [-0.3, -0.25) is 0 Å². The maximum atomic E-state index is 5.53. The summed E-state index contributed by atoms with van der Waals surface area (Å²) in [4.78, 5) is 0. The Kier molecular flexibility index (Phi) is 5.05. The van der Waals surface area contributed by atoms with Crippen LogP contribution in [0.15, 0.2) is 18.2 Å². The van der Waals surface area contributed by atoms with Crippen LogP contribution in [0, 0.1) is 5.92 Å². The van der Waals surface area contributed by atoms with Gasteiger partial charge in [0, 0.05) is 0 Å². The summed E-state index contributed by atoms with van der Waals surface area (Å²) in [5, 5.41) is 0. The van der Waals surface area contributed by atoms with Crippen molar-refractivity contribution in [2.45, 2.75) is 70.6 Å². The molecule has 1 fully saturated rings. The molecule has 2 nitrogen and oxygen atoms in total. The third kappa shape index (κ3) is 3.72. The first-order valence-corrected chi connectivity index (χ1v) is 8.76. The largest absolute Gasteiger partial charge is 0.454 e. The zero-order valence-electron chi connectivity index (χ0n) is 13.3. The molecule has 0 aromatic heterocycles. The van der Waals surface area contributed by atoms with Crippen LogP contribution >= 0.6 is 0 Å². The molecule has 0 saturated heterocycles. The molecule has 1 aromatic carbocycles. The van der Waals surface area contributed by atoms with Crippen molar-refractivity contribution in [2.75, 3.05) is 6.79 Å². The van der Waals surface area contributed by atoms with Gasteiger partial charge in [-0.2, -0.15) is 0 Å². The zero-order valence-corrected chi connectivity index (χ0v) is 13.3. The molecule has 1 aliphatic carbocycles. The van der Waals surface area contributed by atoms with E-state index < -0.39 is 0 Å². The quantitative estimate of drug-likeness (QED) is 0.629. The fourth-order valence-electron chi connectivity index (χ4n) is 3.88. The molecule has 116 valence electrons. The molecule has 1 heterocycles. The molecule has 0 radical (unpaired) electrons. The Morgan fingerprint density at radius 3 is 2.86 bits per heavy atom. The SMILES string of the molecule is CCCCCCC1CCCC(c2ccc3c(c2)OCO3)C1. The van der Waals surface area contributed by atoms with Crippen molar-refractivity contribution in [3.8, 4) is 11.5 Å². The Labute approximate surface area is 128 Å². The fourth-order valence-corrected chi connectivity index (χ4v) is 3.88. The third-order valence-corrected chi connectivity index (χ3v) is 5.12. The van der Waals surface area contributed by atoms with Gasteiger partial charge in [0.25, 0.3) is 0 Å². The van der Waals surface area contributed by atoms with Gasteiger partial charge in [0.1, 0.15) is 0 Å². The number of hydrogen-bond donors (Lipinski definition) is 0. The summed E-state index contributed by atoms with van der Waals surface area (Å²) in [7, 11) is 0. The number of ether oxygens (including phenoxy) is 2. The van der Waals surface area contributed by atoms with Gasteiger partial charge in [-0.05, 0) is 42.4 Å². The third-order valence-electron chi connectivity index (χ3n) is 5.12. The summed E-state index contributed by atoms with van der Waals surface area (Å²) >= 11 is 0. The van der Waals surface area contributed by atoms with Crippen LogP contribution in [0.4, 0.5) is 0 Å². The van der Waals surface area contributed by atoms with Crippen LogP contribution in [0.25, 0.3) is 0 Å².